The number of benzene rings is 1. The minimum Gasteiger partial charge on any atom is -0.351 e. The Labute approximate surface area is 133 Å². The molecular formula is C14H23Cl2N3O. The Bertz CT molecular complexity index is 409. The summed E-state index contributed by atoms with van der Waals surface area (Å²) in [5, 5.41) is 6.25. The fourth-order valence-corrected chi connectivity index (χ4v) is 2.15. The average molecular weight is 320 g/mol. The van der Waals surface area contributed by atoms with Crippen LogP contribution >= 0.6 is 24.8 Å². The fourth-order valence-electron chi connectivity index (χ4n) is 2.15. The molecule has 1 fully saturated rings. The number of rotatable bonds is 4. The minimum absolute atomic E-state index is 0. The zero-order valence-electron chi connectivity index (χ0n) is 11.7. The van der Waals surface area contributed by atoms with Gasteiger partial charge in [0.25, 0.3) is 0 Å². The first-order valence-electron chi connectivity index (χ1n) is 6.49. The first-order chi connectivity index (χ1) is 8.74. The third-order valence-corrected chi connectivity index (χ3v) is 3.15. The molecule has 1 aliphatic heterocycles. The normalized spacial score (nSPS) is 14.8. The summed E-state index contributed by atoms with van der Waals surface area (Å²) >= 11 is 0. The molecule has 1 aliphatic rings. The van der Waals surface area contributed by atoms with Crippen molar-refractivity contribution in [2.24, 2.45) is 0 Å². The standard InChI is InChI=1S/C14H21N3O.2ClH/c1-12-3-2-4-13(9-12)10-16-14(18)11-17-7-5-15-6-8-17;;/h2-4,9,15H,5-8,10-11H2,1H3,(H,16,18);2*1H. The molecular weight excluding hydrogens is 297 g/mol. The summed E-state index contributed by atoms with van der Waals surface area (Å²) in [4.78, 5) is 14.0. The van der Waals surface area contributed by atoms with Crippen molar-refractivity contribution in [3.8, 4) is 0 Å². The van der Waals surface area contributed by atoms with Crippen molar-refractivity contribution < 1.29 is 4.79 Å². The number of carbonyl (C=O) groups excluding carboxylic acids is 1. The number of carbonyl (C=O) groups is 1. The van der Waals surface area contributed by atoms with Gasteiger partial charge in [-0.05, 0) is 12.5 Å². The van der Waals surface area contributed by atoms with Crippen LogP contribution in [-0.2, 0) is 11.3 Å². The van der Waals surface area contributed by atoms with Crippen LogP contribution in [0.25, 0.3) is 0 Å². The first-order valence-corrected chi connectivity index (χ1v) is 6.49. The van der Waals surface area contributed by atoms with E-state index in [4.69, 9.17) is 0 Å². The predicted octanol–water partition coefficient (Wildman–Crippen LogP) is 1.36. The molecule has 0 spiro atoms. The lowest BCUT2D eigenvalue weighted by Crippen LogP contribution is -2.47. The summed E-state index contributed by atoms with van der Waals surface area (Å²) in [6.07, 6.45) is 0. The summed E-state index contributed by atoms with van der Waals surface area (Å²) in [7, 11) is 0. The van der Waals surface area contributed by atoms with Gasteiger partial charge < -0.3 is 10.6 Å². The number of nitrogens with zero attached hydrogens (tertiary/aromatic N) is 1. The minimum atomic E-state index is 0. The van der Waals surface area contributed by atoms with Crippen molar-refractivity contribution in [1.82, 2.24) is 15.5 Å². The maximum atomic E-state index is 11.8. The van der Waals surface area contributed by atoms with Gasteiger partial charge in [0.15, 0.2) is 0 Å². The molecule has 1 saturated heterocycles. The second kappa shape index (κ2) is 10.00. The van der Waals surface area contributed by atoms with Gasteiger partial charge in [-0.2, -0.15) is 0 Å². The second-order valence-corrected chi connectivity index (χ2v) is 4.79. The Morgan fingerprint density at radius 1 is 1.30 bits per heavy atom. The van der Waals surface area contributed by atoms with Crippen LogP contribution in [-0.4, -0.2) is 43.5 Å². The van der Waals surface area contributed by atoms with Crippen LogP contribution in [0.15, 0.2) is 24.3 Å². The number of hydrogen-bond acceptors (Lipinski definition) is 3. The van der Waals surface area contributed by atoms with Gasteiger partial charge in [-0.3, -0.25) is 9.69 Å². The van der Waals surface area contributed by atoms with Gasteiger partial charge >= 0.3 is 0 Å². The quantitative estimate of drug-likeness (QED) is 0.880. The van der Waals surface area contributed by atoms with Crippen LogP contribution in [0.4, 0.5) is 0 Å². The van der Waals surface area contributed by atoms with E-state index >= 15 is 0 Å². The molecule has 1 amide bonds. The number of amides is 1. The molecule has 0 unspecified atom stereocenters. The SMILES string of the molecule is Cc1cccc(CNC(=O)CN2CCNCC2)c1.Cl.Cl. The maximum absolute atomic E-state index is 11.8. The third kappa shape index (κ3) is 6.57. The Morgan fingerprint density at radius 3 is 2.65 bits per heavy atom. The van der Waals surface area contributed by atoms with Gasteiger partial charge in [0.2, 0.25) is 5.91 Å². The van der Waals surface area contributed by atoms with Gasteiger partial charge in [0.1, 0.15) is 0 Å². The lowest BCUT2D eigenvalue weighted by atomic mass is 10.1. The van der Waals surface area contributed by atoms with Crippen molar-refractivity contribution >= 4 is 30.7 Å². The fraction of sp³-hybridized carbons (Fsp3) is 0.500. The lowest BCUT2D eigenvalue weighted by molar-refractivity contribution is -0.122. The van der Waals surface area contributed by atoms with E-state index in [1.165, 1.54) is 5.56 Å². The van der Waals surface area contributed by atoms with Crippen LogP contribution in [0.2, 0.25) is 0 Å². The van der Waals surface area contributed by atoms with Gasteiger partial charge in [-0.15, -0.1) is 24.8 Å². The molecule has 0 aliphatic carbocycles. The molecule has 2 rings (SSSR count). The van der Waals surface area contributed by atoms with E-state index in [0.717, 1.165) is 31.7 Å². The van der Waals surface area contributed by atoms with Crippen molar-refractivity contribution in [1.29, 1.82) is 0 Å². The molecule has 0 aromatic heterocycles. The Balaban J connectivity index is 0.00000180. The van der Waals surface area contributed by atoms with Crippen LogP contribution < -0.4 is 10.6 Å². The monoisotopic (exact) mass is 319 g/mol. The smallest absolute Gasteiger partial charge is 0.234 e. The van der Waals surface area contributed by atoms with Gasteiger partial charge in [0, 0.05) is 32.7 Å². The molecule has 2 N–H and O–H groups in total. The van der Waals surface area contributed by atoms with Crippen molar-refractivity contribution in [2.45, 2.75) is 13.5 Å². The number of aryl methyl sites for hydroxylation is 1. The van der Waals surface area contributed by atoms with Crippen LogP contribution in [0, 0.1) is 6.92 Å². The van der Waals surface area contributed by atoms with Crippen molar-refractivity contribution in [3.05, 3.63) is 35.4 Å². The molecule has 0 radical (unpaired) electrons. The largest absolute Gasteiger partial charge is 0.351 e. The van der Waals surface area contributed by atoms with Crippen LogP contribution in [0.3, 0.4) is 0 Å². The van der Waals surface area contributed by atoms with E-state index < -0.39 is 0 Å². The molecule has 114 valence electrons. The Morgan fingerprint density at radius 2 is 2.00 bits per heavy atom. The van der Waals surface area contributed by atoms with E-state index in [2.05, 4.69) is 34.6 Å². The predicted molar refractivity (Wildman–Crippen MR) is 86.8 cm³/mol. The van der Waals surface area contributed by atoms with E-state index in [9.17, 15) is 4.79 Å². The highest BCUT2D eigenvalue weighted by atomic mass is 35.5. The molecule has 1 aromatic carbocycles. The molecule has 0 bridgehead atoms. The highest BCUT2D eigenvalue weighted by molar-refractivity contribution is 5.85. The lowest BCUT2D eigenvalue weighted by Gasteiger charge is -2.26. The molecule has 6 heteroatoms. The summed E-state index contributed by atoms with van der Waals surface area (Å²) < 4.78 is 0. The molecule has 20 heavy (non-hydrogen) atoms. The van der Waals surface area contributed by atoms with Crippen LogP contribution in [0.5, 0.6) is 0 Å². The van der Waals surface area contributed by atoms with E-state index in [-0.39, 0.29) is 30.7 Å². The molecule has 4 nitrogen and oxygen atoms in total. The summed E-state index contributed by atoms with van der Waals surface area (Å²) in [5.41, 5.74) is 2.38. The highest BCUT2D eigenvalue weighted by Gasteiger charge is 2.12. The van der Waals surface area contributed by atoms with Crippen molar-refractivity contribution in [3.63, 3.8) is 0 Å². The van der Waals surface area contributed by atoms with E-state index in [1.807, 2.05) is 12.1 Å². The summed E-state index contributed by atoms with van der Waals surface area (Å²) in [6, 6.07) is 8.22. The average Bonchev–Trinajstić information content (AvgIpc) is 2.38. The van der Waals surface area contributed by atoms with E-state index in [0.29, 0.717) is 13.1 Å². The maximum Gasteiger partial charge on any atom is 0.234 e. The first kappa shape index (κ1) is 19.2. The van der Waals surface area contributed by atoms with Gasteiger partial charge in [-0.25, -0.2) is 0 Å². The van der Waals surface area contributed by atoms with Gasteiger partial charge in [0.05, 0.1) is 6.54 Å². The number of halogens is 2. The number of hydrogen-bond donors (Lipinski definition) is 2. The summed E-state index contributed by atoms with van der Waals surface area (Å²) in [6.45, 7) is 7.05. The molecule has 0 saturated carbocycles. The zero-order chi connectivity index (χ0) is 12.8. The summed E-state index contributed by atoms with van der Waals surface area (Å²) in [5.74, 6) is 0.110. The molecule has 1 aromatic rings. The van der Waals surface area contributed by atoms with Gasteiger partial charge in [-0.1, -0.05) is 29.8 Å². The Kier molecular flexibility index (Phi) is 9.59. The topological polar surface area (TPSA) is 44.4 Å². The highest BCUT2D eigenvalue weighted by Crippen LogP contribution is 2.03. The number of nitrogens with one attached hydrogen (secondary N) is 2. The number of piperazine rings is 1. The van der Waals surface area contributed by atoms with E-state index in [1.54, 1.807) is 0 Å². The zero-order valence-corrected chi connectivity index (χ0v) is 13.4. The molecule has 0 atom stereocenters. The third-order valence-electron chi connectivity index (χ3n) is 3.15. The second-order valence-electron chi connectivity index (χ2n) is 4.79. The Hall–Kier alpha value is -0.810. The molecule has 1 heterocycles. The van der Waals surface area contributed by atoms with Crippen molar-refractivity contribution in [2.75, 3.05) is 32.7 Å². The van der Waals surface area contributed by atoms with Crippen LogP contribution in [0.1, 0.15) is 11.1 Å².